The molecule has 0 aliphatic rings. The summed E-state index contributed by atoms with van der Waals surface area (Å²) in [5.41, 5.74) is 12.9. The standard InChI is InChI=1S/2C18H15N2O.C14H16N3O.3C5H12O2.3Ir/c1-13-12-19-17(18(20-13)21-2)16-10-6-9-15(11-16)14-7-4-3-5-8-14;1-13-12-19-17(18(20-13)21-2)16-10-8-15(9-11-16)14-6-4-3-5-7-14;1-10-9-15-13(14(16-10)18-4)11-5-7-12(8-6-11)17(2)3;3*1-4(6)3-5(2)7;;;/h3-9,11-12H,1-2H3;3-10,12H,1-2H3;5,7-9H,1-4H3;3*4-7H,3H2,1-2H3;;;/q3*-1;;;;;;. The van der Waals surface area contributed by atoms with Crippen molar-refractivity contribution in [3.63, 3.8) is 0 Å². The van der Waals surface area contributed by atoms with Gasteiger partial charge in [0.15, 0.2) is 17.6 Å². The van der Waals surface area contributed by atoms with Crippen LogP contribution >= 0.6 is 0 Å². The number of aliphatic hydroxyl groups excluding tert-OH is 6. The van der Waals surface area contributed by atoms with Gasteiger partial charge < -0.3 is 49.7 Å². The molecule has 0 spiro atoms. The van der Waals surface area contributed by atoms with E-state index in [4.69, 9.17) is 44.8 Å². The first-order valence-corrected chi connectivity index (χ1v) is 26.6. The van der Waals surface area contributed by atoms with Crippen molar-refractivity contribution in [3.8, 4) is 73.7 Å². The van der Waals surface area contributed by atoms with E-state index in [1.54, 1.807) is 81.5 Å². The summed E-state index contributed by atoms with van der Waals surface area (Å²) in [4.78, 5) is 28.2. The zero-order chi connectivity index (χ0) is 60.0. The van der Waals surface area contributed by atoms with Crippen molar-refractivity contribution in [1.29, 1.82) is 0 Å². The molecule has 6 unspecified atom stereocenters. The predicted molar refractivity (Wildman–Crippen MR) is 322 cm³/mol. The molecule has 19 heteroatoms. The van der Waals surface area contributed by atoms with Crippen molar-refractivity contribution in [3.05, 3.63) is 169 Å². The summed E-state index contributed by atoms with van der Waals surface area (Å²) in [7, 11) is 8.80. The molecule has 0 amide bonds. The Morgan fingerprint density at radius 1 is 0.417 bits per heavy atom. The Bertz CT molecular complexity index is 2960. The Morgan fingerprint density at radius 2 is 0.762 bits per heavy atom. The van der Waals surface area contributed by atoms with Crippen LogP contribution in [0.5, 0.6) is 17.6 Å². The Labute approximate surface area is 538 Å². The molecule has 3 aromatic heterocycles. The second kappa shape index (κ2) is 42.1. The summed E-state index contributed by atoms with van der Waals surface area (Å²) in [6.45, 7) is 15.6. The largest absolute Gasteiger partial charge is 0.486 e. The van der Waals surface area contributed by atoms with E-state index >= 15 is 0 Å². The minimum atomic E-state index is -0.375. The maximum Gasteiger partial charge on any atom is 0.194 e. The third-order valence-corrected chi connectivity index (χ3v) is 11.1. The molecule has 6 atom stereocenters. The van der Waals surface area contributed by atoms with Gasteiger partial charge in [0.25, 0.3) is 0 Å². The number of hydrogen-bond donors (Lipinski definition) is 6. The Balaban J connectivity index is 0.00000104. The molecule has 6 N–H and O–H groups in total. The van der Waals surface area contributed by atoms with Crippen LogP contribution in [0.1, 0.15) is 77.9 Å². The molecule has 8 aromatic rings. The molecule has 5 aromatic carbocycles. The van der Waals surface area contributed by atoms with E-state index in [1.807, 2.05) is 119 Å². The minimum absolute atomic E-state index is 0. The number of benzene rings is 5. The van der Waals surface area contributed by atoms with Gasteiger partial charge in [0.2, 0.25) is 0 Å². The molecule has 84 heavy (non-hydrogen) atoms. The van der Waals surface area contributed by atoms with Crippen LogP contribution in [0.2, 0.25) is 0 Å². The maximum absolute atomic E-state index is 8.56. The second-order valence-electron chi connectivity index (χ2n) is 19.5. The van der Waals surface area contributed by atoms with Crippen molar-refractivity contribution in [2.24, 2.45) is 0 Å². The molecular weight excluding hydrogens is 1600 g/mol. The Morgan fingerprint density at radius 3 is 1.06 bits per heavy atom. The summed E-state index contributed by atoms with van der Waals surface area (Å²) in [6.07, 6.45) is 4.36. The number of anilines is 1. The fourth-order valence-electron chi connectivity index (χ4n) is 7.47. The zero-order valence-corrected chi connectivity index (χ0v) is 57.5. The van der Waals surface area contributed by atoms with Gasteiger partial charge in [-0.2, -0.15) is 0 Å². The third-order valence-electron chi connectivity index (χ3n) is 11.1. The number of methoxy groups -OCH3 is 3. The van der Waals surface area contributed by atoms with Crippen molar-refractivity contribution >= 4 is 5.69 Å². The van der Waals surface area contributed by atoms with Crippen LogP contribution in [0.3, 0.4) is 0 Å². The summed E-state index contributed by atoms with van der Waals surface area (Å²) in [6, 6.07) is 48.0. The molecule has 0 saturated heterocycles. The number of aromatic nitrogens is 6. The van der Waals surface area contributed by atoms with Gasteiger partial charge in [-0.1, -0.05) is 71.8 Å². The van der Waals surface area contributed by atoms with E-state index in [-0.39, 0.29) is 96.9 Å². The van der Waals surface area contributed by atoms with Gasteiger partial charge in [0, 0.05) is 96.0 Å². The fraction of sp³-hybridized carbons (Fsp3) is 0.354. The van der Waals surface area contributed by atoms with Gasteiger partial charge in [-0.3, -0.25) is 15.0 Å². The topological polar surface area (TPSA) is 230 Å². The average molecular weight is 1680 g/mol. The summed E-state index contributed by atoms with van der Waals surface area (Å²) < 4.78 is 15.9. The van der Waals surface area contributed by atoms with E-state index in [0.29, 0.717) is 54.0 Å². The quantitative estimate of drug-likeness (QED) is 0.0524. The SMILES string of the molecule is CC(O)CC(C)O.CC(O)CC(C)O.CC(O)CC(C)O.COc1nc(C)cnc1-c1[c-]cc(-c2ccccc2)cc1.COc1nc(C)cnc1-c1[c-]cc(N(C)C)cc1.COc1nc(C)cnc1-c1[c-]ccc(-c2ccccc2)c1.[Ir].[Ir].[Ir]. The first-order valence-electron chi connectivity index (χ1n) is 26.6. The summed E-state index contributed by atoms with van der Waals surface area (Å²) >= 11 is 0. The predicted octanol–water partition coefficient (Wildman–Crippen LogP) is 10.6. The Kier molecular flexibility index (Phi) is 39.2. The van der Waals surface area contributed by atoms with Gasteiger partial charge >= 0.3 is 0 Å². The van der Waals surface area contributed by atoms with Crippen LogP contribution in [0, 0.1) is 39.0 Å². The molecule has 3 radical (unpaired) electrons. The summed E-state index contributed by atoms with van der Waals surface area (Å²) in [5.74, 6) is 1.58. The minimum Gasteiger partial charge on any atom is -0.486 e. The van der Waals surface area contributed by atoms with Crippen LogP contribution in [0.25, 0.3) is 56.0 Å². The van der Waals surface area contributed by atoms with Crippen molar-refractivity contribution in [2.45, 2.75) is 118 Å². The molecule has 16 nitrogen and oxygen atoms in total. The molecular formula is C65H82Ir3N7O9-3. The van der Waals surface area contributed by atoms with Crippen molar-refractivity contribution in [2.75, 3.05) is 40.3 Å². The first-order chi connectivity index (χ1) is 38.5. The van der Waals surface area contributed by atoms with Crippen LogP contribution in [-0.2, 0) is 60.3 Å². The number of ether oxygens (including phenoxy) is 3. The van der Waals surface area contributed by atoms with Crippen LogP contribution in [0.4, 0.5) is 5.69 Å². The number of hydrogen-bond acceptors (Lipinski definition) is 16. The molecule has 8 rings (SSSR count). The van der Waals surface area contributed by atoms with E-state index in [2.05, 4.69) is 84.5 Å². The van der Waals surface area contributed by atoms with E-state index in [0.717, 1.165) is 56.1 Å². The average Bonchev–Trinajstić information content (AvgIpc) is 3.62. The Hall–Kier alpha value is -5.75. The van der Waals surface area contributed by atoms with Crippen molar-refractivity contribution < 1.29 is 105 Å². The molecule has 0 aliphatic carbocycles. The van der Waals surface area contributed by atoms with Crippen LogP contribution in [-0.4, -0.2) is 133 Å². The second-order valence-corrected chi connectivity index (χ2v) is 19.5. The molecule has 0 aliphatic heterocycles. The molecule has 461 valence electrons. The van der Waals surface area contributed by atoms with Gasteiger partial charge in [-0.25, -0.2) is 15.0 Å². The number of rotatable bonds is 15. The molecule has 0 saturated carbocycles. The molecule has 3 heterocycles. The number of aryl methyl sites for hydroxylation is 3. The third kappa shape index (κ3) is 29.4. The van der Waals surface area contributed by atoms with Crippen LogP contribution < -0.4 is 19.1 Å². The number of aliphatic hydroxyl groups is 6. The first kappa shape index (κ1) is 78.2. The maximum atomic E-state index is 8.56. The smallest absolute Gasteiger partial charge is 0.194 e. The number of nitrogens with zero attached hydrogens (tertiary/aromatic N) is 7. The fourth-order valence-corrected chi connectivity index (χ4v) is 7.47. The van der Waals surface area contributed by atoms with Gasteiger partial charge in [0.1, 0.15) is 0 Å². The van der Waals surface area contributed by atoms with Crippen molar-refractivity contribution in [1.82, 2.24) is 29.9 Å². The van der Waals surface area contributed by atoms with Crippen LogP contribution in [0.15, 0.2) is 134 Å². The molecule has 0 fully saturated rings. The monoisotopic (exact) mass is 1680 g/mol. The molecule has 0 bridgehead atoms. The van der Waals surface area contributed by atoms with E-state index in [1.165, 1.54) is 5.56 Å². The van der Waals surface area contributed by atoms with E-state index < -0.39 is 0 Å². The van der Waals surface area contributed by atoms with Gasteiger partial charge in [-0.05, 0) is 107 Å². The van der Waals surface area contributed by atoms with Gasteiger partial charge in [0.05, 0.1) is 75.0 Å². The summed E-state index contributed by atoms with van der Waals surface area (Å²) in [5, 5.41) is 51.4. The zero-order valence-electron chi connectivity index (χ0n) is 50.3. The van der Waals surface area contributed by atoms with Gasteiger partial charge in [-0.15, -0.1) is 95.1 Å². The van der Waals surface area contributed by atoms with E-state index in [9.17, 15) is 0 Å². The normalized spacial score (nSPS) is 12.1.